The van der Waals surface area contributed by atoms with Crippen molar-refractivity contribution in [2.24, 2.45) is 11.8 Å². The summed E-state index contributed by atoms with van der Waals surface area (Å²) in [5.74, 6) is 1.20. The molecule has 1 aliphatic rings. The predicted molar refractivity (Wildman–Crippen MR) is 180 cm³/mol. The van der Waals surface area contributed by atoms with E-state index in [-0.39, 0.29) is 35.6 Å². The Morgan fingerprint density at radius 2 is 1.28 bits per heavy atom. The maximum Gasteiger partial charge on any atom is -1.00 e. The molecule has 0 saturated carbocycles. The Morgan fingerprint density at radius 3 is 1.60 bits per heavy atom. The van der Waals surface area contributed by atoms with Crippen molar-refractivity contribution in [2.75, 3.05) is 0 Å². The van der Waals surface area contributed by atoms with E-state index in [0.717, 1.165) is 0 Å². The molecule has 230 valence electrons. The largest absolute Gasteiger partial charge is 1.00 e. The van der Waals surface area contributed by atoms with Crippen LogP contribution in [0.4, 0.5) is 0 Å². The fraction of sp³-hybridized carbons (Fsp3) is 0.400. The van der Waals surface area contributed by atoms with Gasteiger partial charge in [-0.15, -0.1) is 39.7 Å². The maximum atomic E-state index is 3.37. The summed E-state index contributed by atoms with van der Waals surface area (Å²) in [4.78, 5) is 0. The molecule has 0 saturated heterocycles. The third-order valence-corrected chi connectivity index (χ3v) is 9.42. The van der Waals surface area contributed by atoms with Crippen LogP contribution in [-0.2, 0) is 35.1 Å². The minimum Gasteiger partial charge on any atom is -1.00 e. The van der Waals surface area contributed by atoms with E-state index >= 15 is 0 Å². The molecule has 5 rings (SSSR count). The van der Waals surface area contributed by atoms with Crippen LogP contribution < -0.4 is 24.8 Å². The molecule has 4 aromatic carbocycles. The first kappa shape index (κ1) is 39.4. The Hall–Kier alpha value is -1.66. The van der Waals surface area contributed by atoms with E-state index in [1.807, 2.05) is 0 Å². The summed E-state index contributed by atoms with van der Waals surface area (Å²) >= 11 is 1.54. The Kier molecular flexibility index (Phi) is 15.2. The Balaban J connectivity index is 0.000000355. The topological polar surface area (TPSA) is 0 Å². The molecule has 0 amide bonds. The van der Waals surface area contributed by atoms with Gasteiger partial charge >= 0.3 is 76.7 Å². The molecule has 0 N–H and O–H groups in total. The van der Waals surface area contributed by atoms with Gasteiger partial charge in [-0.3, -0.25) is 6.08 Å². The second kappa shape index (κ2) is 16.6. The van der Waals surface area contributed by atoms with Crippen LogP contribution >= 0.6 is 0 Å². The normalized spacial score (nSPS) is 14.5. The van der Waals surface area contributed by atoms with Crippen molar-refractivity contribution in [3.63, 3.8) is 0 Å². The Bertz CT molecular complexity index is 1470. The summed E-state index contributed by atoms with van der Waals surface area (Å²) in [7, 11) is 0. The Morgan fingerprint density at radius 1 is 0.814 bits per heavy atom. The number of hydrogen-bond donors (Lipinski definition) is 0. The standard InChI is InChI=1S/C21H25.C10H15.C9H10.2ClH.Zr/c1-20(2,3)16-7-9-18-14(12-16)11-15-13-17(21(4,5)6)8-10-19(15)18;1-7(2)10-6-8(3)5-9(10)4;1-2-6-9-7-4-3-5-8-9;;;/h7-13H,1-6H3;6-8H,1-4H3;3-5,7-8H,2H2,1H3;2*1H;/q2*-1;;;;+2/p-2. The molecule has 0 bridgehead atoms. The number of fused-ring (bicyclic) bond motifs is 3. The van der Waals surface area contributed by atoms with Gasteiger partial charge < -0.3 is 24.8 Å². The van der Waals surface area contributed by atoms with Gasteiger partial charge in [0.2, 0.25) is 0 Å². The fourth-order valence-electron chi connectivity index (χ4n) is 5.29. The number of hydrogen-bond acceptors (Lipinski definition) is 0. The molecule has 0 spiro atoms. The number of halogens is 2. The molecule has 3 heteroatoms. The maximum absolute atomic E-state index is 3.37. The van der Waals surface area contributed by atoms with Gasteiger partial charge in [0.1, 0.15) is 0 Å². The molecule has 0 aliphatic heterocycles. The molecule has 1 atom stereocenters. The van der Waals surface area contributed by atoms with E-state index in [4.69, 9.17) is 0 Å². The van der Waals surface area contributed by atoms with Crippen LogP contribution in [0.25, 0.3) is 21.5 Å². The minimum atomic E-state index is 0. The fourth-order valence-corrected chi connectivity index (χ4v) is 5.69. The third kappa shape index (κ3) is 10.7. The summed E-state index contributed by atoms with van der Waals surface area (Å²) in [5, 5.41) is 5.48. The van der Waals surface area contributed by atoms with E-state index in [1.165, 1.54) is 80.0 Å². The summed E-state index contributed by atoms with van der Waals surface area (Å²) < 4.78 is 1.55. The second-order valence-corrected chi connectivity index (χ2v) is 15.3. The van der Waals surface area contributed by atoms with Gasteiger partial charge in [-0.25, -0.2) is 5.57 Å². The molecule has 0 fully saturated rings. The minimum absolute atomic E-state index is 0. The van der Waals surface area contributed by atoms with E-state index in [0.29, 0.717) is 11.8 Å². The summed E-state index contributed by atoms with van der Waals surface area (Å²) in [6.45, 7) is 24.6. The van der Waals surface area contributed by atoms with E-state index in [1.54, 1.807) is 3.21 Å². The van der Waals surface area contributed by atoms with Crippen molar-refractivity contribution >= 4 is 24.8 Å². The van der Waals surface area contributed by atoms with Crippen LogP contribution in [0.15, 0.2) is 90.0 Å². The van der Waals surface area contributed by atoms with E-state index in [9.17, 15) is 0 Å². The number of rotatable bonds is 3. The molecule has 0 radical (unpaired) electrons. The molecular weight excluding hydrogens is 643 g/mol. The van der Waals surface area contributed by atoms with Crippen molar-refractivity contribution in [3.05, 3.63) is 113 Å². The van der Waals surface area contributed by atoms with Gasteiger partial charge in [0, 0.05) is 0 Å². The van der Waals surface area contributed by atoms with Gasteiger partial charge in [0.15, 0.2) is 0 Å². The van der Waals surface area contributed by atoms with Gasteiger partial charge in [-0.2, -0.15) is 11.6 Å². The van der Waals surface area contributed by atoms with Crippen molar-refractivity contribution in [1.29, 1.82) is 0 Å². The monoisotopic (exact) mass is 690 g/mol. The smallest absolute Gasteiger partial charge is 1.00 e. The van der Waals surface area contributed by atoms with Gasteiger partial charge in [-0.1, -0.05) is 116 Å². The number of allylic oxidation sites excluding steroid dienone is 4. The average Bonchev–Trinajstić information content (AvgIpc) is 3.46. The first-order valence-corrected chi connectivity index (χ1v) is 16.4. The second-order valence-electron chi connectivity index (χ2n) is 13.8. The van der Waals surface area contributed by atoms with Gasteiger partial charge in [0.05, 0.1) is 0 Å². The number of benzene rings is 3. The first-order valence-electron chi connectivity index (χ1n) is 15.2. The van der Waals surface area contributed by atoms with Crippen LogP contribution in [0, 0.1) is 17.9 Å². The van der Waals surface area contributed by atoms with Crippen LogP contribution in [-0.4, -0.2) is 3.21 Å². The van der Waals surface area contributed by atoms with Crippen molar-refractivity contribution in [2.45, 2.75) is 93.4 Å². The molecule has 0 heterocycles. The molecular formula is C40H50Cl2Zr-2. The molecule has 0 nitrogen and oxygen atoms in total. The molecule has 1 unspecified atom stereocenters. The van der Waals surface area contributed by atoms with Crippen molar-refractivity contribution < 1.29 is 49.0 Å². The van der Waals surface area contributed by atoms with Crippen LogP contribution in [0.3, 0.4) is 0 Å². The quantitative estimate of drug-likeness (QED) is 0.251. The predicted octanol–water partition coefficient (Wildman–Crippen LogP) is 5.45. The van der Waals surface area contributed by atoms with E-state index in [2.05, 4.69) is 161 Å². The van der Waals surface area contributed by atoms with Crippen LogP contribution in [0.5, 0.6) is 0 Å². The molecule has 4 aromatic rings. The van der Waals surface area contributed by atoms with Crippen LogP contribution in [0.2, 0.25) is 0 Å². The summed E-state index contributed by atoms with van der Waals surface area (Å²) in [5.41, 5.74) is 7.45. The van der Waals surface area contributed by atoms with Gasteiger partial charge in [0.25, 0.3) is 0 Å². The zero-order valence-electron chi connectivity index (χ0n) is 28.1. The van der Waals surface area contributed by atoms with Crippen LogP contribution in [0.1, 0.15) is 99.3 Å². The molecule has 0 aromatic heterocycles. The molecule has 1 aliphatic carbocycles. The van der Waals surface area contributed by atoms with Gasteiger partial charge in [-0.05, 0) is 10.8 Å². The van der Waals surface area contributed by atoms with Crippen molar-refractivity contribution in [3.8, 4) is 0 Å². The summed E-state index contributed by atoms with van der Waals surface area (Å²) in [6.07, 6.45) is 6.86. The SMILES string of the molecule is CC(C)(C)c1ccc2c(c1)[cH-]c1cc(C(C)(C)C)ccc12.CC1=[C-]C(C)C=C1C(C)C.CC[C](=[Zr+2])c1ccccc1.[Cl-].[Cl-]. The zero-order valence-corrected chi connectivity index (χ0v) is 32.1. The summed E-state index contributed by atoms with van der Waals surface area (Å²) in [6, 6.07) is 26.8. The zero-order chi connectivity index (χ0) is 30.5. The third-order valence-electron chi connectivity index (χ3n) is 7.84. The molecule has 43 heavy (non-hydrogen) atoms. The first-order chi connectivity index (χ1) is 19.1. The van der Waals surface area contributed by atoms with E-state index < -0.39 is 0 Å². The average molecular weight is 693 g/mol. The Labute approximate surface area is 290 Å². The van der Waals surface area contributed by atoms with Crippen molar-refractivity contribution in [1.82, 2.24) is 0 Å².